The van der Waals surface area contributed by atoms with Gasteiger partial charge in [-0.05, 0) is 44.5 Å². The van der Waals surface area contributed by atoms with Gasteiger partial charge in [-0.1, -0.05) is 17.7 Å². The first-order valence-corrected chi connectivity index (χ1v) is 6.30. The van der Waals surface area contributed by atoms with Crippen LogP contribution in [0.5, 0.6) is 5.75 Å². The normalized spacial score (nSPS) is 25.4. The highest BCUT2D eigenvalue weighted by atomic mass is 35.5. The Morgan fingerprint density at radius 2 is 2.24 bits per heavy atom. The number of aryl methyl sites for hydroxylation is 1. The van der Waals surface area contributed by atoms with E-state index in [1.807, 2.05) is 19.1 Å². The van der Waals surface area contributed by atoms with Gasteiger partial charge in [-0.25, -0.2) is 0 Å². The molecule has 0 aliphatic carbocycles. The third-order valence-electron chi connectivity index (χ3n) is 3.67. The maximum absolute atomic E-state index is 10.2. The summed E-state index contributed by atoms with van der Waals surface area (Å²) in [5.74, 6) is 0.813. The Hall–Kier alpha value is -0.770. The lowest BCUT2D eigenvalue weighted by Gasteiger charge is -2.22. The fraction of sp³-hybridized carbons (Fsp3) is 0.538. The predicted molar refractivity (Wildman–Crippen MR) is 70.4 cm³/mol. The molecule has 1 fully saturated rings. The lowest BCUT2D eigenvalue weighted by Crippen LogP contribution is -2.20. The van der Waals surface area contributed by atoms with E-state index >= 15 is 0 Å². The summed E-state index contributed by atoms with van der Waals surface area (Å²) < 4.78 is 0. The molecule has 1 aromatic rings. The van der Waals surface area contributed by atoms with Crippen molar-refractivity contribution in [2.75, 3.05) is 20.1 Å². The fourth-order valence-corrected chi connectivity index (χ4v) is 2.90. The quantitative estimate of drug-likeness (QED) is 0.852. The van der Waals surface area contributed by atoms with Crippen LogP contribution in [-0.4, -0.2) is 30.1 Å². The Kier molecular flexibility index (Phi) is 3.61. The van der Waals surface area contributed by atoms with Gasteiger partial charge in [-0.15, -0.1) is 0 Å². The van der Waals surface area contributed by atoms with Crippen molar-refractivity contribution in [1.82, 2.24) is 4.90 Å². The molecule has 1 aromatic carbocycles. The molecule has 0 saturated carbocycles. The molecular weight excluding hydrogens is 236 g/mol. The summed E-state index contributed by atoms with van der Waals surface area (Å²) in [7, 11) is 2.05. The summed E-state index contributed by atoms with van der Waals surface area (Å²) in [6, 6.07) is 3.88. The van der Waals surface area contributed by atoms with Crippen molar-refractivity contribution in [2.45, 2.75) is 19.4 Å². The number of rotatable bonds is 2. The molecule has 1 heterocycles. The molecule has 3 N–H and O–H groups in total. The van der Waals surface area contributed by atoms with Gasteiger partial charge in [0.05, 0.1) is 0 Å². The van der Waals surface area contributed by atoms with Gasteiger partial charge in [-0.2, -0.15) is 0 Å². The van der Waals surface area contributed by atoms with E-state index in [-0.39, 0.29) is 6.04 Å². The van der Waals surface area contributed by atoms with E-state index in [1.165, 1.54) is 0 Å². The largest absolute Gasteiger partial charge is 0.507 e. The van der Waals surface area contributed by atoms with Crippen LogP contribution in [0.4, 0.5) is 0 Å². The van der Waals surface area contributed by atoms with Crippen LogP contribution in [0.1, 0.15) is 23.6 Å². The molecule has 17 heavy (non-hydrogen) atoms. The van der Waals surface area contributed by atoms with Crippen LogP contribution in [0.3, 0.4) is 0 Å². The minimum absolute atomic E-state index is 0.177. The van der Waals surface area contributed by atoms with Crippen LogP contribution in [0.2, 0.25) is 5.02 Å². The smallest absolute Gasteiger partial charge is 0.124 e. The van der Waals surface area contributed by atoms with Crippen molar-refractivity contribution in [3.63, 3.8) is 0 Å². The number of hydrogen-bond acceptors (Lipinski definition) is 3. The van der Waals surface area contributed by atoms with Crippen molar-refractivity contribution in [3.8, 4) is 5.75 Å². The summed E-state index contributed by atoms with van der Waals surface area (Å²) in [5, 5.41) is 10.8. The predicted octanol–water partition coefficient (Wildman–Crippen LogP) is 2.31. The third-order valence-corrected chi connectivity index (χ3v) is 4.00. The third kappa shape index (κ3) is 2.28. The number of aromatic hydroxyl groups is 1. The minimum Gasteiger partial charge on any atom is -0.507 e. The molecular formula is C13H19ClN2O. The maximum Gasteiger partial charge on any atom is 0.124 e. The molecule has 0 spiro atoms. The molecule has 2 unspecified atom stereocenters. The second-order valence-electron chi connectivity index (χ2n) is 4.92. The summed E-state index contributed by atoms with van der Waals surface area (Å²) in [5.41, 5.74) is 7.44. The van der Waals surface area contributed by atoms with E-state index < -0.39 is 0 Å². The monoisotopic (exact) mass is 254 g/mol. The number of phenols is 1. The second kappa shape index (κ2) is 4.84. The zero-order chi connectivity index (χ0) is 12.6. The van der Waals surface area contributed by atoms with E-state index in [9.17, 15) is 5.11 Å². The molecule has 0 aromatic heterocycles. The van der Waals surface area contributed by atoms with Crippen molar-refractivity contribution < 1.29 is 5.11 Å². The molecule has 4 heteroatoms. The van der Waals surface area contributed by atoms with Crippen molar-refractivity contribution in [2.24, 2.45) is 11.7 Å². The number of likely N-dealkylation sites (tertiary alicyclic amines) is 1. The number of hydrogen-bond donors (Lipinski definition) is 2. The van der Waals surface area contributed by atoms with Gasteiger partial charge in [0, 0.05) is 23.2 Å². The average Bonchev–Trinajstić information content (AvgIpc) is 2.66. The Morgan fingerprint density at radius 3 is 2.82 bits per heavy atom. The second-order valence-corrected chi connectivity index (χ2v) is 5.33. The number of benzene rings is 1. The number of nitrogens with two attached hydrogens (primary N) is 1. The summed E-state index contributed by atoms with van der Waals surface area (Å²) in [6.45, 7) is 3.54. The van der Waals surface area contributed by atoms with E-state index in [1.54, 1.807) is 0 Å². The number of halogens is 1. The van der Waals surface area contributed by atoms with Crippen LogP contribution in [0, 0.1) is 12.8 Å². The SMILES string of the molecule is Cc1ccc(Cl)c(C2CC(CN)CN2C)c1O. The topological polar surface area (TPSA) is 49.5 Å². The zero-order valence-corrected chi connectivity index (χ0v) is 11.0. The molecule has 1 aliphatic rings. The molecule has 2 rings (SSSR count). The first-order valence-electron chi connectivity index (χ1n) is 5.92. The molecule has 1 saturated heterocycles. The van der Waals surface area contributed by atoms with Crippen LogP contribution >= 0.6 is 11.6 Å². The fourth-order valence-electron chi connectivity index (χ4n) is 2.62. The molecule has 2 atom stereocenters. The highest BCUT2D eigenvalue weighted by molar-refractivity contribution is 6.31. The van der Waals surface area contributed by atoms with Crippen molar-refractivity contribution >= 4 is 11.6 Å². The first kappa shape index (κ1) is 12.7. The van der Waals surface area contributed by atoms with E-state index in [0.29, 0.717) is 23.2 Å². The Morgan fingerprint density at radius 1 is 1.53 bits per heavy atom. The Balaban J connectivity index is 2.37. The zero-order valence-electron chi connectivity index (χ0n) is 10.3. The Bertz CT molecular complexity index is 422. The molecule has 0 amide bonds. The van der Waals surface area contributed by atoms with E-state index in [4.69, 9.17) is 17.3 Å². The lowest BCUT2D eigenvalue weighted by atomic mass is 9.97. The minimum atomic E-state index is 0.177. The van der Waals surface area contributed by atoms with Gasteiger partial charge >= 0.3 is 0 Å². The van der Waals surface area contributed by atoms with Gasteiger partial charge < -0.3 is 10.8 Å². The molecule has 0 radical (unpaired) electrons. The van der Waals surface area contributed by atoms with Gasteiger partial charge in [0.25, 0.3) is 0 Å². The molecule has 1 aliphatic heterocycles. The van der Waals surface area contributed by atoms with Gasteiger partial charge in [0.2, 0.25) is 0 Å². The Labute approximate surface area is 107 Å². The maximum atomic E-state index is 10.2. The van der Waals surface area contributed by atoms with Crippen LogP contribution in [0.15, 0.2) is 12.1 Å². The number of nitrogens with zero attached hydrogens (tertiary/aromatic N) is 1. The summed E-state index contributed by atoms with van der Waals surface area (Å²) in [4.78, 5) is 2.22. The highest BCUT2D eigenvalue weighted by Gasteiger charge is 2.32. The van der Waals surface area contributed by atoms with Crippen LogP contribution < -0.4 is 5.73 Å². The molecule has 0 bridgehead atoms. The summed E-state index contributed by atoms with van der Waals surface area (Å²) in [6.07, 6.45) is 0.962. The van der Waals surface area contributed by atoms with Crippen molar-refractivity contribution in [1.29, 1.82) is 0 Å². The van der Waals surface area contributed by atoms with Crippen LogP contribution in [0.25, 0.3) is 0 Å². The van der Waals surface area contributed by atoms with Gasteiger partial charge in [0.1, 0.15) is 5.75 Å². The highest BCUT2D eigenvalue weighted by Crippen LogP contribution is 2.42. The standard InChI is InChI=1S/C13H19ClN2O/c1-8-3-4-10(14)12(13(8)17)11-5-9(6-15)7-16(11)2/h3-4,9,11,17H,5-7,15H2,1-2H3. The van der Waals surface area contributed by atoms with Crippen LogP contribution in [-0.2, 0) is 0 Å². The molecule has 3 nitrogen and oxygen atoms in total. The molecule has 94 valence electrons. The summed E-state index contributed by atoms with van der Waals surface area (Å²) >= 11 is 6.22. The number of phenolic OH excluding ortho intramolecular Hbond substituents is 1. The van der Waals surface area contributed by atoms with E-state index in [0.717, 1.165) is 24.1 Å². The van der Waals surface area contributed by atoms with E-state index in [2.05, 4.69) is 11.9 Å². The average molecular weight is 255 g/mol. The van der Waals surface area contributed by atoms with Gasteiger partial charge in [0.15, 0.2) is 0 Å². The lowest BCUT2D eigenvalue weighted by molar-refractivity contribution is 0.305. The van der Waals surface area contributed by atoms with Crippen molar-refractivity contribution in [3.05, 3.63) is 28.3 Å². The van der Waals surface area contributed by atoms with Gasteiger partial charge in [-0.3, -0.25) is 4.90 Å². The first-order chi connectivity index (χ1) is 8.04.